The highest BCUT2D eigenvalue weighted by Gasteiger charge is 2.24. The van der Waals surface area contributed by atoms with Gasteiger partial charge in [-0.2, -0.15) is 9.50 Å². The Bertz CT molecular complexity index is 1210. The van der Waals surface area contributed by atoms with Crippen LogP contribution in [0, 0.1) is 0 Å². The van der Waals surface area contributed by atoms with E-state index in [2.05, 4.69) is 20.2 Å². The van der Waals surface area contributed by atoms with Crippen molar-refractivity contribution in [3.8, 4) is 22.3 Å². The summed E-state index contributed by atoms with van der Waals surface area (Å²) < 4.78 is 17.9. The van der Waals surface area contributed by atoms with Crippen molar-refractivity contribution in [2.75, 3.05) is 6.61 Å². The molecule has 148 valence electrons. The molecular formula is C19H17N5O4S. The van der Waals surface area contributed by atoms with Crippen LogP contribution in [0.5, 0.6) is 10.9 Å². The van der Waals surface area contributed by atoms with Crippen molar-refractivity contribution in [1.29, 1.82) is 0 Å². The summed E-state index contributed by atoms with van der Waals surface area (Å²) in [6, 6.07) is 8.74. The third-order valence-corrected chi connectivity index (χ3v) is 5.39. The van der Waals surface area contributed by atoms with E-state index in [1.165, 1.54) is 21.9 Å². The molecule has 9 nitrogen and oxygen atoms in total. The predicted molar refractivity (Wildman–Crippen MR) is 104 cm³/mol. The van der Waals surface area contributed by atoms with E-state index in [9.17, 15) is 4.79 Å². The Hall–Kier alpha value is -3.11. The smallest absolute Gasteiger partial charge is 0.299 e. The molecule has 5 rings (SSSR count). The van der Waals surface area contributed by atoms with Crippen molar-refractivity contribution in [1.82, 2.24) is 24.7 Å². The van der Waals surface area contributed by atoms with Crippen molar-refractivity contribution >= 4 is 16.3 Å². The molecule has 1 unspecified atom stereocenters. The van der Waals surface area contributed by atoms with E-state index in [0.29, 0.717) is 34.0 Å². The van der Waals surface area contributed by atoms with Crippen molar-refractivity contribution in [2.24, 2.45) is 0 Å². The maximum Gasteiger partial charge on any atom is 0.299 e. The van der Waals surface area contributed by atoms with Crippen LogP contribution < -0.4 is 10.3 Å². The van der Waals surface area contributed by atoms with Crippen LogP contribution in [0.25, 0.3) is 16.3 Å². The zero-order valence-electron chi connectivity index (χ0n) is 15.6. The van der Waals surface area contributed by atoms with Crippen LogP contribution in [-0.4, -0.2) is 31.3 Å². The molecule has 0 saturated carbocycles. The van der Waals surface area contributed by atoms with Crippen LogP contribution in [-0.2, 0) is 11.2 Å². The number of benzene rings is 1. The van der Waals surface area contributed by atoms with Crippen LogP contribution in [0.15, 0.2) is 39.6 Å². The van der Waals surface area contributed by atoms with Gasteiger partial charge in [0.15, 0.2) is 0 Å². The minimum absolute atomic E-state index is 0.108. The quantitative estimate of drug-likeness (QED) is 0.492. The van der Waals surface area contributed by atoms with Crippen molar-refractivity contribution < 1.29 is 14.0 Å². The van der Waals surface area contributed by atoms with Gasteiger partial charge in [0.1, 0.15) is 11.9 Å². The Balaban J connectivity index is 1.35. The Labute approximate surface area is 168 Å². The highest BCUT2D eigenvalue weighted by Crippen LogP contribution is 2.30. The highest BCUT2D eigenvalue weighted by atomic mass is 32.1. The van der Waals surface area contributed by atoms with Crippen LogP contribution in [0.4, 0.5) is 0 Å². The Morgan fingerprint density at radius 2 is 2.14 bits per heavy atom. The molecule has 1 aromatic carbocycles. The van der Waals surface area contributed by atoms with Gasteiger partial charge in [-0.25, -0.2) is 4.98 Å². The van der Waals surface area contributed by atoms with E-state index in [4.69, 9.17) is 14.0 Å². The number of hydrogen-bond acceptors (Lipinski definition) is 9. The van der Waals surface area contributed by atoms with Crippen molar-refractivity contribution in [2.45, 2.75) is 32.3 Å². The lowest BCUT2D eigenvalue weighted by atomic mass is 10.2. The lowest BCUT2D eigenvalue weighted by Gasteiger charge is -2.02. The molecule has 0 spiro atoms. The standard InChI is InChI=1S/C19H17N5O4S/c1-2-12-10-15(25)24-18(20-12)29-19(22-24)27-13-7-5-11(6-8-13)16-21-17(28-23-16)14-4-3-9-26-14/h5-8,10,14H,2-4,9H2,1H3. The fourth-order valence-electron chi connectivity index (χ4n) is 3.09. The molecule has 1 atom stereocenters. The largest absolute Gasteiger partial charge is 0.430 e. The molecule has 1 fully saturated rings. The zero-order valence-corrected chi connectivity index (χ0v) is 16.4. The summed E-state index contributed by atoms with van der Waals surface area (Å²) in [4.78, 5) is 21.4. The fourth-order valence-corrected chi connectivity index (χ4v) is 3.89. The molecule has 10 heteroatoms. The summed E-state index contributed by atoms with van der Waals surface area (Å²) >= 11 is 1.22. The van der Waals surface area contributed by atoms with Gasteiger partial charge in [-0.15, -0.1) is 5.10 Å². The highest BCUT2D eigenvalue weighted by molar-refractivity contribution is 7.18. The van der Waals surface area contributed by atoms with Gasteiger partial charge in [0, 0.05) is 23.9 Å². The normalized spacial score (nSPS) is 16.5. The second-order valence-electron chi connectivity index (χ2n) is 6.59. The molecule has 4 aromatic rings. The van der Waals surface area contributed by atoms with Crippen LogP contribution in [0.3, 0.4) is 0 Å². The number of aromatic nitrogens is 5. The molecular weight excluding hydrogens is 394 g/mol. The van der Waals surface area contributed by atoms with Crippen LogP contribution >= 0.6 is 11.3 Å². The maximum atomic E-state index is 12.1. The molecule has 4 heterocycles. The third-order valence-electron chi connectivity index (χ3n) is 4.61. The number of nitrogens with zero attached hydrogens (tertiary/aromatic N) is 5. The number of aryl methyl sites for hydroxylation is 1. The molecule has 1 aliphatic heterocycles. The number of hydrogen-bond donors (Lipinski definition) is 0. The average molecular weight is 411 g/mol. The third kappa shape index (κ3) is 3.52. The molecule has 0 bridgehead atoms. The summed E-state index contributed by atoms with van der Waals surface area (Å²) in [7, 11) is 0. The van der Waals surface area contributed by atoms with Gasteiger partial charge in [0.25, 0.3) is 16.6 Å². The SMILES string of the molecule is CCc1cc(=O)n2nc(Oc3ccc(-c4noc(C5CCCO5)n4)cc3)sc2n1. The van der Waals surface area contributed by atoms with E-state index in [0.717, 1.165) is 30.7 Å². The Morgan fingerprint density at radius 1 is 1.28 bits per heavy atom. The van der Waals surface area contributed by atoms with E-state index in [1.807, 2.05) is 19.1 Å². The zero-order chi connectivity index (χ0) is 19.8. The van der Waals surface area contributed by atoms with Gasteiger partial charge in [-0.05, 0) is 54.9 Å². The molecule has 0 aliphatic carbocycles. The van der Waals surface area contributed by atoms with E-state index in [-0.39, 0.29) is 11.7 Å². The minimum Gasteiger partial charge on any atom is -0.430 e. The van der Waals surface area contributed by atoms with Gasteiger partial charge in [0.05, 0.1) is 0 Å². The molecule has 1 aliphatic rings. The van der Waals surface area contributed by atoms with E-state index in [1.54, 1.807) is 12.1 Å². The number of fused-ring (bicyclic) bond motifs is 1. The number of ether oxygens (including phenoxy) is 2. The molecule has 29 heavy (non-hydrogen) atoms. The minimum atomic E-state index is -0.215. The lowest BCUT2D eigenvalue weighted by molar-refractivity contribution is 0.0835. The molecule has 3 aromatic heterocycles. The molecule has 1 saturated heterocycles. The molecule has 0 radical (unpaired) electrons. The first-order valence-corrected chi connectivity index (χ1v) is 10.1. The van der Waals surface area contributed by atoms with Gasteiger partial charge < -0.3 is 14.0 Å². The predicted octanol–water partition coefficient (Wildman–Crippen LogP) is 3.41. The molecule has 0 amide bonds. The van der Waals surface area contributed by atoms with Crippen molar-refractivity contribution in [3.05, 3.63) is 52.3 Å². The summed E-state index contributed by atoms with van der Waals surface area (Å²) in [5.41, 5.74) is 1.32. The monoisotopic (exact) mass is 411 g/mol. The first-order chi connectivity index (χ1) is 14.2. The maximum absolute atomic E-state index is 12.1. The summed E-state index contributed by atoms with van der Waals surface area (Å²) in [6.07, 6.45) is 2.48. The second-order valence-corrected chi connectivity index (χ2v) is 7.50. The van der Waals surface area contributed by atoms with E-state index >= 15 is 0 Å². The van der Waals surface area contributed by atoms with Gasteiger partial charge >= 0.3 is 0 Å². The van der Waals surface area contributed by atoms with Gasteiger partial charge in [0.2, 0.25) is 10.8 Å². The van der Waals surface area contributed by atoms with Gasteiger partial charge in [-0.3, -0.25) is 4.79 Å². The fraction of sp³-hybridized carbons (Fsp3) is 0.316. The summed E-state index contributed by atoms with van der Waals surface area (Å²) in [5, 5.41) is 8.57. The number of rotatable bonds is 5. The van der Waals surface area contributed by atoms with Crippen LogP contribution in [0.1, 0.15) is 37.5 Å². The van der Waals surface area contributed by atoms with Crippen molar-refractivity contribution in [3.63, 3.8) is 0 Å². The second kappa shape index (κ2) is 7.37. The van der Waals surface area contributed by atoms with Gasteiger partial charge in [-0.1, -0.05) is 12.1 Å². The molecule has 0 N–H and O–H groups in total. The first-order valence-electron chi connectivity index (χ1n) is 9.33. The average Bonchev–Trinajstić information content (AvgIpc) is 3.48. The summed E-state index contributed by atoms with van der Waals surface area (Å²) in [6.45, 7) is 2.67. The topological polar surface area (TPSA) is 105 Å². The van der Waals surface area contributed by atoms with Crippen LogP contribution in [0.2, 0.25) is 0 Å². The lowest BCUT2D eigenvalue weighted by Crippen LogP contribution is -2.14. The Morgan fingerprint density at radius 3 is 2.90 bits per heavy atom. The van der Waals surface area contributed by atoms with E-state index < -0.39 is 0 Å². The first kappa shape index (κ1) is 18.0. The Kier molecular flexibility index (Phi) is 4.57. The summed E-state index contributed by atoms with van der Waals surface area (Å²) in [5.74, 6) is 1.60.